The number of fused-ring (bicyclic) bond motifs is 1. The van der Waals surface area contributed by atoms with Gasteiger partial charge in [0.15, 0.2) is 0 Å². The molecule has 108 valence electrons. The molecule has 0 bridgehead atoms. The molecule has 1 aromatic heterocycles. The Bertz CT molecular complexity index is 656. The van der Waals surface area contributed by atoms with Crippen molar-refractivity contribution in [3.8, 4) is 0 Å². The van der Waals surface area contributed by atoms with Gasteiger partial charge in [0.25, 0.3) is 0 Å². The lowest BCUT2D eigenvalue weighted by molar-refractivity contribution is 0.0698. The smallest absolute Gasteiger partial charge is 0.338 e. The largest absolute Gasteiger partial charge is 0.478 e. The van der Waals surface area contributed by atoms with Crippen molar-refractivity contribution < 1.29 is 14.3 Å². The number of hydrogen-bond acceptors (Lipinski definition) is 2. The van der Waals surface area contributed by atoms with E-state index in [2.05, 4.69) is 37.7 Å². The number of halogens is 1. The highest BCUT2D eigenvalue weighted by Gasteiger charge is 2.22. The van der Waals surface area contributed by atoms with Gasteiger partial charge in [0.05, 0.1) is 11.1 Å². The third kappa shape index (κ3) is 2.81. The molecule has 2 aromatic rings. The molecule has 1 unspecified atom stereocenters. The number of imidazole rings is 1. The van der Waals surface area contributed by atoms with E-state index in [-0.39, 0.29) is 11.0 Å². The summed E-state index contributed by atoms with van der Waals surface area (Å²) in [7, 11) is 0. The van der Waals surface area contributed by atoms with Crippen LogP contribution >= 0.6 is 0 Å². The summed E-state index contributed by atoms with van der Waals surface area (Å²) in [6.07, 6.45) is 0.693. The quantitative estimate of drug-likeness (QED) is 0.901. The Morgan fingerprint density at radius 2 is 2.10 bits per heavy atom. The molecule has 1 heterocycles. The number of H-pyrrole nitrogens is 1. The van der Waals surface area contributed by atoms with Crippen LogP contribution in [0.15, 0.2) is 12.1 Å². The Labute approximate surface area is 117 Å². The number of aromatic amines is 1. The summed E-state index contributed by atoms with van der Waals surface area (Å²) in [5.74, 6) is -0.692. The van der Waals surface area contributed by atoms with Crippen LogP contribution < -0.4 is 0 Å². The van der Waals surface area contributed by atoms with E-state index in [0.717, 1.165) is 6.07 Å². The minimum absolute atomic E-state index is 0.106. The maximum Gasteiger partial charge on any atom is 0.338 e. The standard InChI is InChI=1S/C15H19FN2O2/c1-8(15(2,3)4)5-12-17-11-7-9(16)6-10(14(19)20)13(11)18-12/h6-8H,5H2,1-4H3,(H,17,18)(H,19,20). The highest BCUT2D eigenvalue weighted by atomic mass is 19.1. The van der Waals surface area contributed by atoms with Crippen LogP contribution in [0.25, 0.3) is 11.0 Å². The topological polar surface area (TPSA) is 66.0 Å². The van der Waals surface area contributed by atoms with Gasteiger partial charge in [-0.05, 0) is 23.5 Å². The van der Waals surface area contributed by atoms with Crippen LogP contribution in [0, 0.1) is 17.2 Å². The number of carboxylic acids is 1. The second-order valence-electron chi connectivity index (χ2n) is 6.31. The summed E-state index contributed by atoms with van der Waals surface area (Å²) < 4.78 is 13.4. The van der Waals surface area contributed by atoms with Gasteiger partial charge in [-0.1, -0.05) is 27.7 Å². The van der Waals surface area contributed by atoms with Gasteiger partial charge >= 0.3 is 5.97 Å². The summed E-state index contributed by atoms with van der Waals surface area (Å²) in [5, 5.41) is 9.11. The van der Waals surface area contributed by atoms with Crippen LogP contribution in [0.5, 0.6) is 0 Å². The van der Waals surface area contributed by atoms with Gasteiger partial charge in [0.2, 0.25) is 0 Å². The first-order chi connectivity index (χ1) is 9.18. The lowest BCUT2D eigenvalue weighted by Crippen LogP contribution is -2.19. The van der Waals surface area contributed by atoms with Gasteiger partial charge in [-0.3, -0.25) is 0 Å². The number of carbonyl (C=O) groups is 1. The van der Waals surface area contributed by atoms with E-state index in [9.17, 15) is 9.18 Å². The van der Waals surface area contributed by atoms with Crippen LogP contribution in [-0.4, -0.2) is 21.0 Å². The Morgan fingerprint density at radius 1 is 1.45 bits per heavy atom. The maximum atomic E-state index is 13.4. The van der Waals surface area contributed by atoms with Crippen LogP contribution in [-0.2, 0) is 6.42 Å². The van der Waals surface area contributed by atoms with E-state index in [1.54, 1.807) is 0 Å². The summed E-state index contributed by atoms with van der Waals surface area (Å²) in [6, 6.07) is 2.28. The predicted octanol–water partition coefficient (Wildman–Crippen LogP) is 3.62. The van der Waals surface area contributed by atoms with Gasteiger partial charge in [-0.2, -0.15) is 0 Å². The summed E-state index contributed by atoms with van der Waals surface area (Å²) >= 11 is 0. The molecule has 0 aliphatic rings. The fraction of sp³-hybridized carbons (Fsp3) is 0.467. The molecule has 2 N–H and O–H groups in total. The molecule has 2 rings (SSSR count). The monoisotopic (exact) mass is 278 g/mol. The molecular weight excluding hydrogens is 259 g/mol. The minimum atomic E-state index is -1.17. The highest BCUT2D eigenvalue weighted by molar-refractivity contribution is 6.00. The second-order valence-corrected chi connectivity index (χ2v) is 6.31. The molecule has 0 saturated heterocycles. The average molecular weight is 278 g/mol. The number of aromatic carboxylic acids is 1. The van der Waals surface area contributed by atoms with Crippen LogP contribution in [0.3, 0.4) is 0 Å². The van der Waals surface area contributed by atoms with Gasteiger partial charge in [-0.25, -0.2) is 14.2 Å². The van der Waals surface area contributed by atoms with Crippen LogP contribution in [0.2, 0.25) is 0 Å². The zero-order chi connectivity index (χ0) is 15.1. The molecule has 0 saturated carbocycles. The van der Waals surface area contributed by atoms with Gasteiger partial charge in [-0.15, -0.1) is 0 Å². The van der Waals surface area contributed by atoms with E-state index in [4.69, 9.17) is 5.11 Å². The number of rotatable bonds is 3. The van der Waals surface area contributed by atoms with Crippen molar-refractivity contribution in [2.24, 2.45) is 11.3 Å². The molecule has 0 fully saturated rings. The molecule has 0 aliphatic carbocycles. The van der Waals surface area contributed by atoms with Crippen LogP contribution in [0.4, 0.5) is 4.39 Å². The molecule has 4 nitrogen and oxygen atoms in total. The first kappa shape index (κ1) is 14.5. The molecule has 1 atom stereocenters. The van der Waals surface area contributed by atoms with Crippen molar-refractivity contribution in [1.82, 2.24) is 9.97 Å². The number of aromatic nitrogens is 2. The van der Waals surface area contributed by atoms with E-state index >= 15 is 0 Å². The van der Waals surface area contributed by atoms with Crippen molar-refractivity contribution in [2.45, 2.75) is 34.1 Å². The zero-order valence-corrected chi connectivity index (χ0v) is 12.1. The van der Waals surface area contributed by atoms with E-state index in [1.807, 2.05) is 0 Å². The normalized spacial score (nSPS) is 13.7. The highest BCUT2D eigenvalue weighted by Crippen LogP contribution is 2.28. The van der Waals surface area contributed by atoms with Gasteiger partial charge in [0, 0.05) is 6.42 Å². The van der Waals surface area contributed by atoms with Crippen molar-refractivity contribution in [1.29, 1.82) is 0 Å². The van der Waals surface area contributed by atoms with E-state index < -0.39 is 11.8 Å². The SMILES string of the molecule is CC(Cc1nc2c(C(=O)O)cc(F)cc2[nH]1)C(C)(C)C. The zero-order valence-electron chi connectivity index (χ0n) is 12.1. The fourth-order valence-electron chi connectivity index (χ4n) is 1.99. The van der Waals surface area contributed by atoms with E-state index in [1.165, 1.54) is 6.07 Å². The summed E-state index contributed by atoms with van der Waals surface area (Å²) in [6.45, 7) is 8.54. The molecule has 0 amide bonds. The first-order valence-corrected chi connectivity index (χ1v) is 6.60. The Hall–Kier alpha value is -1.91. The maximum absolute atomic E-state index is 13.4. The Morgan fingerprint density at radius 3 is 2.65 bits per heavy atom. The Balaban J connectivity index is 2.44. The summed E-state index contributed by atoms with van der Waals surface area (Å²) in [5.41, 5.74) is 0.763. The lowest BCUT2D eigenvalue weighted by atomic mass is 9.80. The molecule has 5 heteroatoms. The number of nitrogens with zero attached hydrogens (tertiary/aromatic N) is 1. The third-order valence-corrected chi connectivity index (χ3v) is 3.81. The van der Waals surface area contributed by atoms with Crippen molar-refractivity contribution in [3.63, 3.8) is 0 Å². The van der Waals surface area contributed by atoms with Gasteiger partial charge in [0.1, 0.15) is 17.2 Å². The Kier molecular flexibility index (Phi) is 3.54. The molecular formula is C15H19FN2O2. The molecule has 0 spiro atoms. The average Bonchev–Trinajstić information content (AvgIpc) is 2.68. The van der Waals surface area contributed by atoms with Crippen molar-refractivity contribution >= 4 is 17.0 Å². The first-order valence-electron chi connectivity index (χ1n) is 6.60. The number of nitrogens with one attached hydrogen (secondary N) is 1. The molecule has 0 aliphatic heterocycles. The number of carboxylic acid groups (broad SMARTS) is 1. The third-order valence-electron chi connectivity index (χ3n) is 3.81. The number of hydrogen-bond donors (Lipinski definition) is 2. The van der Waals surface area contributed by atoms with Crippen molar-refractivity contribution in [3.05, 3.63) is 29.3 Å². The van der Waals surface area contributed by atoms with E-state index in [0.29, 0.717) is 29.2 Å². The van der Waals surface area contributed by atoms with Crippen LogP contribution in [0.1, 0.15) is 43.9 Å². The van der Waals surface area contributed by atoms with Crippen molar-refractivity contribution in [2.75, 3.05) is 0 Å². The minimum Gasteiger partial charge on any atom is -0.478 e. The lowest BCUT2D eigenvalue weighted by Gasteiger charge is -2.26. The summed E-state index contributed by atoms with van der Waals surface area (Å²) in [4.78, 5) is 18.5. The van der Waals surface area contributed by atoms with Gasteiger partial charge < -0.3 is 10.1 Å². The molecule has 1 aromatic carbocycles. The fourth-order valence-corrected chi connectivity index (χ4v) is 1.99. The predicted molar refractivity (Wildman–Crippen MR) is 75.3 cm³/mol. The number of benzene rings is 1. The molecule has 20 heavy (non-hydrogen) atoms. The second kappa shape index (κ2) is 4.89. The molecule has 0 radical (unpaired) electrons.